The Morgan fingerprint density at radius 2 is 1.61 bits per heavy atom. The summed E-state index contributed by atoms with van der Waals surface area (Å²) < 4.78 is 68.1. The lowest BCUT2D eigenvalue weighted by molar-refractivity contribution is -0.154. The molecule has 0 bridgehead atoms. The van der Waals surface area contributed by atoms with Crippen LogP contribution < -0.4 is 29.7 Å². The van der Waals surface area contributed by atoms with E-state index in [9.17, 15) is 22.8 Å². The van der Waals surface area contributed by atoms with Gasteiger partial charge in [0, 0.05) is 12.6 Å². The minimum atomic E-state index is -5.01. The smallest absolute Gasteiger partial charge is 0.453 e. The van der Waals surface area contributed by atoms with Crippen LogP contribution in [0.2, 0.25) is 0 Å². The normalized spacial score (nSPS) is 11.3. The molecule has 216 valence electrons. The SMILES string of the molecule is COc1ccc(CCNC(=O)COc2ccc3c(=O)c(Oc4cc(C)cc(C)c4)c(C(F)(F)F)oc3c2)cc1OC. The molecule has 1 aromatic heterocycles. The topological polar surface area (TPSA) is 96.2 Å². The van der Waals surface area contributed by atoms with E-state index in [0.29, 0.717) is 24.5 Å². The first-order valence-electron chi connectivity index (χ1n) is 12.5. The largest absolute Gasteiger partial charge is 0.493 e. The van der Waals surface area contributed by atoms with Gasteiger partial charge >= 0.3 is 6.18 Å². The van der Waals surface area contributed by atoms with E-state index in [1.165, 1.54) is 38.5 Å². The summed E-state index contributed by atoms with van der Waals surface area (Å²) in [6.07, 6.45) is -4.49. The second-order valence-corrected chi connectivity index (χ2v) is 9.25. The lowest BCUT2D eigenvalue weighted by Gasteiger charge is -2.14. The van der Waals surface area contributed by atoms with Crippen LogP contribution in [-0.4, -0.2) is 33.3 Å². The van der Waals surface area contributed by atoms with Gasteiger partial charge in [-0.3, -0.25) is 9.59 Å². The van der Waals surface area contributed by atoms with Crippen LogP contribution >= 0.6 is 0 Å². The van der Waals surface area contributed by atoms with Crippen molar-refractivity contribution < 1.29 is 41.3 Å². The summed E-state index contributed by atoms with van der Waals surface area (Å²) in [4.78, 5) is 25.3. The maximum absolute atomic E-state index is 13.9. The number of halogens is 3. The standard InChI is InChI=1S/C30H28F3NO7/c1-17-11-18(2)13-21(12-17)40-28-27(36)22-7-6-20(15-24(22)41-29(28)30(31,32)33)39-16-26(35)34-10-9-19-5-8-23(37-3)25(14-19)38-4/h5-8,11-15H,9-10,16H2,1-4H3,(H,34,35). The number of fused-ring (bicyclic) bond motifs is 1. The van der Waals surface area contributed by atoms with Crippen molar-refractivity contribution >= 4 is 16.9 Å². The third kappa shape index (κ3) is 7.10. The molecular weight excluding hydrogens is 543 g/mol. The molecule has 8 nitrogen and oxygen atoms in total. The number of rotatable bonds is 10. The first-order chi connectivity index (χ1) is 19.5. The summed E-state index contributed by atoms with van der Waals surface area (Å²) in [6, 6.07) is 14.0. The van der Waals surface area contributed by atoms with E-state index in [1.54, 1.807) is 26.0 Å². The van der Waals surface area contributed by atoms with Gasteiger partial charge in [0.2, 0.25) is 11.2 Å². The predicted molar refractivity (Wildman–Crippen MR) is 145 cm³/mol. The lowest BCUT2D eigenvalue weighted by Crippen LogP contribution is -2.30. The third-order valence-electron chi connectivity index (χ3n) is 6.05. The minimum Gasteiger partial charge on any atom is -0.493 e. The van der Waals surface area contributed by atoms with Crippen molar-refractivity contribution in [2.45, 2.75) is 26.4 Å². The molecule has 0 saturated heterocycles. The zero-order valence-corrected chi connectivity index (χ0v) is 22.8. The summed E-state index contributed by atoms with van der Waals surface area (Å²) in [5.74, 6) is -1.69. The molecule has 3 aromatic carbocycles. The summed E-state index contributed by atoms with van der Waals surface area (Å²) in [5, 5.41) is 2.57. The molecule has 0 aliphatic heterocycles. The number of carbonyl (C=O) groups is 1. The van der Waals surface area contributed by atoms with E-state index >= 15 is 0 Å². The summed E-state index contributed by atoms with van der Waals surface area (Å²) >= 11 is 0. The molecule has 4 aromatic rings. The highest BCUT2D eigenvalue weighted by atomic mass is 19.4. The molecule has 1 N–H and O–H groups in total. The fraction of sp³-hybridized carbons (Fsp3) is 0.267. The van der Waals surface area contributed by atoms with Crippen molar-refractivity contribution in [3.05, 3.63) is 87.3 Å². The van der Waals surface area contributed by atoms with Gasteiger partial charge in [-0.1, -0.05) is 12.1 Å². The van der Waals surface area contributed by atoms with Crippen LogP contribution in [0.3, 0.4) is 0 Å². The third-order valence-corrected chi connectivity index (χ3v) is 6.05. The van der Waals surface area contributed by atoms with Crippen LogP contribution in [0.5, 0.6) is 28.7 Å². The van der Waals surface area contributed by atoms with Gasteiger partial charge in [-0.25, -0.2) is 0 Å². The Morgan fingerprint density at radius 1 is 0.902 bits per heavy atom. The zero-order valence-electron chi connectivity index (χ0n) is 22.8. The molecule has 4 rings (SSSR count). The molecule has 0 aliphatic rings. The number of carbonyl (C=O) groups excluding carboxylic acids is 1. The van der Waals surface area contributed by atoms with Crippen molar-refractivity contribution in [1.82, 2.24) is 5.32 Å². The number of benzene rings is 3. The number of nitrogens with one attached hydrogen (secondary N) is 1. The number of amides is 1. The number of hydrogen-bond acceptors (Lipinski definition) is 7. The van der Waals surface area contributed by atoms with Crippen molar-refractivity contribution in [1.29, 1.82) is 0 Å². The molecule has 0 spiro atoms. The Kier molecular flexibility index (Phi) is 8.75. The molecule has 0 saturated carbocycles. The Balaban J connectivity index is 1.46. The molecule has 41 heavy (non-hydrogen) atoms. The summed E-state index contributed by atoms with van der Waals surface area (Å²) in [6.45, 7) is 3.42. The molecule has 0 fully saturated rings. The van der Waals surface area contributed by atoms with E-state index in [0.717, 1.165) is 22.8 Å². The molecule has 0 unspecified atom stereocenters. The van der Waals surface area contributed by atoms with E-state index in [1.807, 2.05) is 12.1 Å². The fourth-order valence-corrected chi connectivity index (χ4v) is 4.22. The van der Waals surface area contributed by atoms with Crippen LogP contribution in [0.25, 0.3) is 11.0 Å². The molecule has 0 aliphatic carbocycles. The highest BCUT2D eigenvalue weighted by Gasteiger charge is 2.40. The van der Waals surface area contributed by atoms with Crippen LogP contribution in [0.15, 0.2) is 63.8 Å². The Labute approximate surface area is 233 Å². The number of ether oxygens (including phenoxy) is 4. The van der Waals surface area contributed by atoms with Gasteiger partial charge in [-0.05, 0) is 73.4 Å². The Bertz CT molecular complexity index is 1610. The van der Waals surface area contributed by atoms with E-state index in [4.69, 9.17) is 23.4 Å². The van der Waals surface area contributed by atoms with Gasteiger partial charge in [-0.2, -0.15) is 13.2 Å². The van der Waals surface area contributed by atoms with Gasteiger partial charge in [0.1, 0.15) is 17.1 Å². The minimum absolute atomic E-state index is 0.0480. The molecule has 11 heteroatoms. The highest BCUT2D eigenvalue weighted by Crippen LogP contribution is 2.39. The van der Waals surface area contributed by atoms with Gasteiger partial charge in [0.25, 0.3) is 11.7 Å². The first-order valence-corrected chi connectivity index (χ1v) is 12.5. The second kappa shape index (κ2) is 12.2. The van der Waals surface area contributed by atoms with Crippen molar-refractivity contribution in [3.8, 4) is 28.7 Å². The molecule has 0 radical (unpaired) electrons. The number of alkyl halides is 3. The zero-order chi connectivity index (χ0) is 29.7. The predicted octanol–water partition coefficient (Wildman–Crippen LogP) is 5.98. The Hall–Kier alpha value is -4.67. The number of aryl methyl sites for hydroxylation is 2. The second-order valence-electron chi connectivity index (χ2n) is 9.25. The van der Waals surface area contributed by atoms with Gasteiger partial charge in [0.05, 0.1) is 19.6 Å². The Morgan fingerprint density at radius 3 is 2.27 bits per heavy atom. The number of hydrogen-bond donors (Lipinski definition) is 1. The lowest BCUT2D eigenvalue weighted by atomic mass is 10.1. The van der Waals surface area contributed by atoms with E-state index in [-0.39, 0.29) is 22.5 Å². The summed E-state index contributed by atoms with van der Waals surface area (Å²) in [5.41, 5.74) is 1.07. The van der Waals surface area contributed by atoms with Crippen molar-refractivity contribution in [2.24, 2.45) is 0 Å². The first kappa shape index (κ1) is 29.3. The van der Waals surface area contributed by atoms with Crippen LogP contribution in [0, 0.1) is 13.8 Å². The van der Waals surface area contributed by atoms with Crippen molar-refractivity contribution in [2.75, 3.05) is 27.4 Å². The maximum Gasteiger partial charge on any atom is 0.453 e. The average molecular weight is 572 g/mol. The highest BCUT2D eigenvalue weighted by molar-refractivity contribution is 5.80. The van der Waals surface area contributed by atoms with Crippen LogP contribution in [0.4, 0.5) is 13.2 Å². The van der Waals surface area contributed by atoms with Crippen molar-refractivity contribution in [3.63, 3.8) is 0 Å². The van der Waals surface area contributed by atoms with Gasteiger partial charge in [0.15, 0.2) is 18.1 Å². The quantitative estimate of drug-likeness (QED) is 0.250. The van der Waals surface area contributed by atoms with E-state index < -0.39 is 35.6 Å². The van der Waals surface area contributed by atoms with Gasteiger partial charge < -0.3 is 28.7 Å². The monoisotopic (exact) mass is 571 g/mol. The van der Waals surface area contributed by atoms with Crippen LogP contribution in [-0.2, 0) is 17.4 Å². The number of methoxy groups -OCH3 is 2. The average Bonchev–Trinajstić information content (AvgIpc) is 2.92. The maximum atomic E-state index is 13.9. The molecule has 0 atom stereocenters. The fourth-order valence-electron chi connectivity index (χ4n) is 4.22. The molecule has 1 heterocycles. The van der Waals surface area contributed by atoms with E-state index in [2.05, 4.69) is 5.32 Å². The molecule has 1 amide bonds. The van der Waals surface area contributed by atoms with Crippen LogP contribution in [0.1, 0.15) is 22.5 Å². The van der Waals surface area contributed by atoms with Gasteiger partial charge in [-0.15, -0.1) is 0 Å². The summed E-state index contributed by atoms with van der Waals surface area (Å²) in [7, 11) is 3.07. The molecular formula is C30H28F3NO7.